The van der Waals surface area contributed by atoms with Crippen LogP contribution in [0.5, 0.6) is 5.75 Å². The lowest BCUT2D eigenvalue weighted by Gasteiger charge is -2.04. The second-order valence-corrected chi connectivity index (χ2v) is 5.35. The van der Waals surface area contributed by atoms with Crippen molar-refractivity contribution in [3.05, 3.63) is 23.1 Å². The van der Waals surface area contributed by atoms with E-state index >= 15 is 0 Å². The van der Waals surface area contributed by atoms with Gasteiger partial charge in [0.2, 0.25) is 0 Å². The van der Waals surface area contributed by atoms with Gasteiger partial charge >= 0.3 is 0 Å². The summed E-state index contributed by atoms with van der Waals surface area (Å²) in [6.45, 7) is 0.959. The lowest BCUT2D eigenvalue weighted by molar-refractivity contribution is 0.0841. The highest BCUT2D eigenvalue weighted by molar-refractivity contribution is 7.21. The van der Waals surface area contributed by atoms with Crippen molar-refractivity contribution in [2.75, 3.05) is 39.2 Å². The van der Waals surface area contributed by atoms with Crippen molar-refractivity contribution in [2.45, 2.75) is 0 Å². The number of nitrogen functional groups attached to an aromatic ring is 1. The van der Waals surface area contributed by atoms with Crippen LogP contribution >= 0.6 is 11.3 Å². The first kappa shape index (κ1) is 15.6. The predicted octanol–water partition coefficient (Wildman–Crippen LogP) is 1.23. The van der Waals surface area contributed by atoms with E-state index in [4.69, 9.17) is 20.3 Å². The van der Waals surface area contributed by atoms with Crippen molar-refractivity contribution in [1.82, 2.24) is 5.32 Å². The molecule has 0 atom stereocenters. The zero-order valence-corrected chi connectivity index (χ0v) is 12.5. The molecule has 21 heavy (non-hydrogen) atoms. The molecular weight excluding hydrogens is 292 g/mol. The second kappa shape index (κ2) is 7.26. The summed E-state index contributed by atoms with van der Waals surface area (Å²) in [5.41, 5.74) is 6.51. The standard InChI is InChI=1S/C14H18N2O4S/c1-19-9-2-3-10-11(8-9)21-13(12(10)15)14(18)16-4-6-20-7-5-17/h2-3,8,17H,4-7,15H2,1H3,(H,16,18). The first-order chi connectivity index (χ1) is 10.2. The number of nitrogens with one attached hydrogen (secondary N) is 1. The van der Waals surface area contributed by atoms with Crippen molar-refractivity contribution in [3.8, 4) is 5.75 Å². The molecule has 1 heterocycles. The minimum atomic E-state index is -0.222. The molecule has 0 aliphatic rings. The number of nitrogens with two attached hydrogens (primary N) is 1. The Labute approximate surface area is 126 Å². The number of rotatable bonds is 7. The molecule has 1 aromatic heterocycles. The van der Waals surface area contributed by atoms with Crippen LogP contribution in [0, 0.1) is 0 Å². The number of methoxy groups -OCH3 is 1. The van der Waals surface area contributed by atoms with Crippen molar-refractivity contribution < 1.29 is 19.4 Å². The highest BCUT2D eigenvalue weighted by atomic mass is 32.1. The number of hydrogen-bond donors (Lipinski definition) is 3. The average molecular weight is 310 g/mol. The lowest BCUT2D eigenvalue weighted by Crippen LogP contribution is -2.27. The molecule has 0 saturated carbocycles. The van der Waals surface area contributed by atoms with E-state index in [-0.39, 0.29) is 19.1 Å². The molecule has 0 fully saturated rings. The van der Waals surface area contributed by atoms with Gasteiger partial charge in [-0.25, -0.2) is 0 Å². The van der Waals surface area contributed by atoms with Crippen LogP contribution < -0.4 is 15.8 Å². The molecule has 2 aromatic rings. The van der Waals surface area contributed by atoms with E-state index in [1.807, 2.05) is 18.2 Å². The van der Waals surface area contributed by atoms with Crippen LogP contribution in [-0.2, 0) is 4.74 Å². The fourth-order valence-corrected chi connectivity index (χ4v) is 2.94. The highest BCUT2D eigenvalue weighted by Gasteiger charge is 2.16. The van der Waals surface area contributed by atoms with Crippen LogP contribution in [0.25, 0.3) is 10.1 Å². The van der Waals surface area contributed by atoms with E-state index in [1.165, 1.54) is 11.3 Å². The SMILES string of the molecule is COc1ccc2c(N)c(C(=O)NCCOCCO)sc2c1. The third kappa shape index (κ3) is 3.63. The van der Waals surface area contributed by atoms with Gasteiger partial charge in [0.25, 0.3) is 5.91 Å². The zero-order valence-electron chi connectivity index (χ0n) is 11.7. The molecule has 0 saturated heterocycles. The van der Waals surface area contributed by atoms with Crippen LogP contribution in [0.4, 0.5) is 5.69 Å². The molecule has 0 unspecified atom stereocenters. The van der Waals surface area contributed by atoms with Gasteiger partial charge in [-0.2, -0.15) is 0 Å². The van der Waals surface area contributed by atoms with Gasteiger partial charge in [-0.1, -0.05) is 0 Å². The molecule has 114 valence electrons. The average Bonchev–Trinajstić information content (AvgIpc) is 2.83. The molecule has 1 amide bonds. The summed E-state index contributed by atoms with van der Waals surface area (Å²) in [7, 11) is 1.60. The largest absolute Gasteiger partial charge is 0.497 e. The summed E-state index contributed by atoms with van der Waals surface area (Å²) in [5, 5.41) is 12.2. The maximum atomic E-state index is 12.1. The molecule has 6 nitrogen and oxygen atoms in total. The number of anilines is 1. The van der Waals surface area contributed by atoms with Gasteiger partial charge in [0.05, 0.1) is 32.6 Å². The Kier molecular flexibility index (Phi) is 5.38. The third-order valence-electron chi connectivity index (χ3n) is 2.91. The molecular formula is C14H18N2O4S. The number of thiophene rings is 1. The molecule has 0 bridgehead atoms. The summed E-state index contributed by atoms with van der Waals surface area (Å²) < 4.78 is 11.2. The number of amides is 1. The van der Waals surface area contributed by atoms with Gasteiger partial charge in [0.15, 0.2) is 0 Å². The van der Waals surface area contributed by atoms with Gasteiger partial charge in [-0.05, 0) is 18.2 Å². The second-order valence-electron chi connectivity index (χ2n) is 4.30. The first-order valence-electron chi connectivity index (χ1n) is 6.50. The Morgan fingerprint density at radius 2 is 2.24 bits per heavy atom. The Morgan fingerprint density at radius 1 is 1.43 bits per heavy atom. The Hall–Kier alpha value is -1.83. The Morgan fingerprint density at radius 3 is 2.95 bits per heavy atom. The normalized spacial score (nSPS) is 10.8. The van der Waals surface area contributed by atoms with Crippen molar-refractivity contribution in [3.63, 3.8) is 0 Å². The number of benzene rings is 1. The third-order valence-corrected chi connectivity index (χ3v) is 4.08. The van der Waals surface area contributed by atoms with Crippen LogP contribution in [0.15, 0.2) is 18.2 Å². The van der Waals surface area contributed by atoms with Gasteiger partial charge in [0.1, 0.15) is 10.6 Å². The minimum Gasteiger partial charge on any atom is -0.497 e. The topological polar surface area (TPSA) is 93.8 Å². The predicted molar refractivity (Wildman–Crippen MR) is 83.0 cm³/mol. The van der Waals surface area contributed by atoms with Crippen LogP contribution in [0.3, 0.4) is 0 Å². The summed E-state index contributed by atoms with van der Waals surface area (Å²) in [5.74, 6) is 0.508. The maximum absolute atomic E-state index is 12.1. The summed E-state index contributed by atoms with van der Waals surface area (Å²) >= 11 is 1.33. The van der Waals surface area contributed by atoms with Crippen LogP contribution in [-0.4, -0.2) is 44.5 Å². The highest BCUT2D eigenvalue weighted by Crippen LogP contribution is 2.35. The number of ether oxygens (including phenoxy) is 2. The quantitative estimate of drug-likeness (QED) is 0.669. The molecule has 0 aliphatic carbocycles. The van der Waals surface area contributed by atoms with E-state index in [2.05, 4.69) is 5.32 Å². The fraction of sp³-hybridized carbons (Fsp3) is 0.357. The first-order valence-corrected chi connectivity index (χ1v) is 7.32. The molecule has 2 rings (SSSR count). The van der Waals surface area contributed by atoms with Gasteiger partial charge in [0, 0.05) is 16.6 Å². The summed E-state index contributed by atoms with van der Waals surface area (Å²) in [6.07, 6.45) is 0. The molecule has 0 aliphatic heterocycles. The number of fused-ring (bicyclic) bond motifs is 1. The number of carbonyl (C=O) groups is 1. The molecule has 1 aromatic carbocycles. The van der Waals surface area contributed by atoms with Crippen molar-refractivity contribution >= 4 is 33.0 Å². The summed E-state index contributed by atoms with van der Waals surface area (Å²) in [4.78, 5) is 12.6. The number of aliphatic hydroxyl groups is 1. The lowest BCUT2D eigenvalue weighted by atomic mass is 10.2. The van der Waals surface area contributed by atoms with Gasteiger partial charge in [-0.3, -0.25) is 4.79 Å². The van der Waals surface area contributed by atoms with E-state index in [1.54, 1.807) is 7.11 Å². The maximum Gasteiger partial charge on any atom is 0.263 e. The van der Waals surface area contributed by atoms with Crippen LogP contribution in [0.2, 0.25) is 0 Å². The minimum absolute atomic E-state index is 0.0287. The van der Waals surface area contributed by atoms with Crippen LogP contribution in [0.1, 0.15) is 9.67 Å². The van der Waals surface area contributed by atoms with E-state index in [0.717, 1.165) is 15.8 Å². The summed E-state index contributed by atoms with van der Waals surface area (Å²) in [6, 6.07) is 5.52. The van der Waals surface area contributed by atoms with Crippen molar-refractivity contribution in [1.29, 1.82) is 0 Å². The molecule has 4 N–H and O–H groups in total. The Bertz CT molecular complexity index is 627. The number of carbonyl (C=O) groups excluding carboxylic acids is 1. The van der Waals surface area contributed by atoms with E-state index in [9.17, 15) is 4.79 Å². The van der Waals surface area contributed by atoms with E-state index < -0.39 is 0 Å². The fourth-order valence-electron chi connectivity index (χ4n) is 1.88. The molecule has 0 radical (unpaired) electrons. The number of hydrogen-bond acceptors (Lipinski definition) is 6. The van der Waals surface area contributed by atoms with Crippen molar-refractivity contribution in [2.24, 2.45) is 0 Å². The van der Waals surface area contributed by atoms with Gasteiger partial charge in [-0.15, -0.1) is 11.3 Å². The van der Waals surface area contributed by atoms with Gasteiger partial charge < -0.3 is 25.6 Å². The monoisotopic (exact) mass is 310 g/mol. The smallest absolute Gasteiger partial charge is 0.263 e. The number of aliphatic hydroxyl groups excluding tert-OH is 1. The Balaban J connectivity index is 2.07. The van der Waals surface area contributed by atoms with E-state index in [0.29, 0.717) is 23.7 Å². The molecule has 7 heteroatoms. The molecule has 0 spiro atoms. The zero-order chi connectivity index (χ0) is 15.2.